The lowest BCUT2D eigenvalue weighted by Gasteiger charge is -2.31. The number of hydrogen-bond donors (Lipinski definition) is 0. The van der Waals surface area contributed by atoms with Gasteiger partial charge in [0.05, 0.1) is 17.1 Å². The first kappa shape index (κ1) is 16.1. The van der Waals surface area contributed by atoms with Crippen molar-refractivity contribution in [3.63, 3.8) is 0 Å². The van der Waals surface area contributed by atoms with Crippen LogP contribution in [0.5, 0.6) is 5.75 Å². The Balaban J connectivity index is 2.22. The summed E-state index contributed by atoms with van der Waals surface area (Å²) in [5.41, 5.74) is 0.363. The van der Waals surface area contributed by atoms with Gasteiger partial charge in [-0.1, -0.05) is 6.07 Å². The molecule has 0 N–H and O–H groups in total. The van der Waals surface area contributed by atoms with Gasteiger partial charge < -0.3 is 14.4 Å². The molecule has 21 heavy (non-hydrogen) atoms. The van der Waals surface area contributed by atoms with E-state index in [4.69, 9.17) is 9.47 Å². The molecule has 5 heteroatoms. The molecule has 1 saturated carbocycles. The number of benzene rings is 1. The monoisotopic (exact) mass is 355 g/mol. The molecule has 0 radical (unpaired) electrons. The average molecular weight is 356 g/mol. The molecule has 4 nitrogen and oxygen atoms in total. The maximum Gasteiger partial charge on any atom is 0.410 e. The third kappa shape index (κ3) is 3.34. The Labute approximate surface area is 134 Å². The first-order valence-electron chi connectivity index (χ1n) is 7.00. The molecule has 1 aromatic carbocycles. The quantitative estimate of drug-likeness (QED) is 0.810. The number of methoxy groups -OCH3 is 1. The predicted octanol–water partition coefficient (Wildman–Crippen LogP) is 4.31. The molecular weight excluding hydrogens is 334 g/mol. The Kier molecular flexibility index (Phi) is 4.24. The fourth-order valence-electron chi connectivity index (χ4n) is 2.40. The van der Waals surface area contributed by atoms with Gasteiger partial charge in [-0.3, -0.25) is 0 Å². The van der Waals surface area contributed by atoms with Crippen LogP contribution in [0, 0.1) is 0 Å². The van der Waals surface area contributed by atoms with E-state index in [0.29, 0.717) is 0 Å². The predicted molar refractivity (Wildman–Crippen MR) is 85.6 cm³/mol. The van der Waals surface area contributed by atoms with Crippen LogP contribution in [-0.4, -0.2) is 30.8 Å². The van der Waals surface area contributed by atoms with Gasteiger partial charge >= 0.3 is 6.09 Å². The first-order valence-corrected chi connectivity index (χ1v) is 7.80. The summed E-state index contributed by atoms with van der Waals surface area (Å²) >= 11 is 3.50. The second-order valence-corrected chi connectivity index (χ2v) is 7.27. The van der Waals surface area contributed by atoms with Gasteiger partial charge in [0.2, 0.25) is 0 Å². The molecule has 0 bridgehead atoms. The molecule has 0 unspecified atom stereocenters. The Morgan fingerprint density at radius 2 is 1.95 bits per heavy atom. The zero-order valence-electron chi connectivity index (χ0n) is 13.2. The third-order valence-electron chi connectivity index (χ3n) is 3.72. The van der Waals surface area contributed by atoms with Crippen molar-refractivity contribution in [2.45, 2.75) is 44.8 Å². The van der Waals surface area contributed by atoms with E-state index in [0.717, 1.165) is 28.6 Å². The number of carbonyl (C=O) groups is 1. The van der Waals surface area contributed by atoms with E-state index in [2.05, 4.69) is 15.9 Å². The van der Waals surface area contributed by atoms with Gasteiger partial charge in [-0.25, -0.2) is 4.79 Å². The van der Waals surface area contributed by atoms with Crippen LogP contribution in [0.3, 0.4) is 0 Å². The summed E-state index contributed by atoms with van der Waals surface area (Å²) in [6.45, 7) is 5.63. The number of rotatable bonds is 3. The molecule has 1 fully saturated rings. The van der Waals surface area contributed by atoms with E-state index in [1.165, 1.54) is 0 Å². The lowest BCUT2D eigenvalue weighted by molar-refractivity contribution is 0.0190. The van der Waals surface area contributed by atoms with Crippen molar-refractivity contribution in [1.29, 1.82) is 0 Å². The molecule has 1 aliphatic carbocycles. The highest BCUT2D eigenvalue weighted by atomic mass is 79.9. The van der Waals surface area contributed by atoms with Crippen molar-refractivity contribution < 1.29 is 14.3 Å². The first-order chi connectivity index (χ1) is 9.69. The summed E-state index contributed by atoms with van der Waals surface area (Å²) in [6.07, 6.45) is 1.61. The Bertz CT molecular complexity index is 547. The minimum Gasteiger partial charge on any atom is -0.496 e. The van der Waals surface area contributed by atoms with Crippen LogP contribution in [-0.2, 0) is 10.3 Å². The van der Waals surface area contributed by atoms with Crippen LogP contribution in [0.1, 0.15) is 39.2 Å². The van der Waals surface area contributed by atoms with Gasteiger partial charge in [-0.05, 0) is 67.2 Å². The molecule has 0 aliphatic heterocycles. The van der Waals surface area contributed by atoms with Crippen LogP contribution in [0.2, 0.25) is 0 Å². The molecule has 1 amide bonds. The van der Waals surface area contributed by atoms with Crippen molar-refractivity contribution in [2.24, 2.45) is 0 Å². The van der Waals surface area contributed by atoms with Gasteiger partial charge in [-0.15, -0.1) is 0 Å². The van der Waals surface area contributed by atoms with Crippen LogP contribution < -0.4 is 4.74 Å². The minimum atomic E-state index is -0.484. The molecule has 0 spiro atoms. The molecule has 1 aliphatic rings. The lowest BCUT2D eigenvalue weighted by atomic mass is 10.0. The van der Waals surface area contributed by atoms with Crippen LogP contribution in [0.4, 0.5) is 4.79 Å². The molecule has 0 saturated heterocycles. The van der Waals surface area contributed by atoms with Gasteiger partial charge in [0.25, 0.3) is 0 Å². The molecule has 116 valence electrons. The summed E-state index contributed by atoms with van der Waals surface area (Å²) < 4.78 is 11.6. The molecular formula is C16H22BrNO3. The largest absolute Gasteiger partial charge is 0.496 e. The maximum atomic E-state index is 12.3. The van der Waals surface area contributed by atoms with Crippen LogP contribution in [0.25, 0.3) is 0 Å². The van der Waals surface area contributed by atoms with Gasteiger partial charge in [0, 0.05) is 7.05 Å². The van der Waals surface area contributed by atoms with Crippen molar-refractivity contribution in [3.8, 4) is 5.75 Å². The molecule has 2 rings (SSSR count). The fraction of sp³-hybridized carbons (Fsp3) is 0.562. The van der Waals surface area contributed by atoms with Gasteiger partial charge in [0.1, 0.15) is 11.4 Å². The number of halogens is 1. The van der Waals surface area contributed by atoms with Crippen LogP contribution >= 0.6 is 15.9 Å². The van der Waals surface area contributed by atoms with E-state index in [1.54, 1.807) is 19.1 Å². The minimum absolute atomic E-state index is 0.253. The Morgan fingerprint density at radius 1 is 1.33 bits per heavy atom. The zero-order valence-corrected chi connectivity index (χ0v) is 14.8. The summed E-state index contributed by atoms with van der Waals surface area (Å²) in [7, 11) is 3.44. The van der Waals surface area contributed by atoms with E-state index < -0.39 is 5.60 Å². The van der Waals surface area contributed by atoms with E-state index in [-0.39, 0.29) is 11.6 Å². The highest BCUT2D eigenvalue weighted by Crippen LogP contribution is 2.51. The number of ether oxygens (including phenoxy) is 2. The van der Waals surface area contributed by atoms with Crippen LogP contribution in [0.15, 0.2) is 22.7 Å². The summed E-state index contributed by atoms with van der Waals surface area (Å²) in [6, 6.07) is 5.95. The molecule has 0 atom stereocenters. The van der Waals surface area contributed by atoms with Crippen molar-refractivity contribution in [2.75, 3.05) is 14.2 Å². The molecule has 0 aromatic heterocycles. The smallest absolute Gasteiger partial charge is 0.410 e. The Hall–Kier alpha value is -1.23. The van der Waals surface area contributed by atoms with Crippen molar-refractivity contribution in [1.82, 2.24) is 4.90 Å². The highest BCUT2D eigenvalue weighted by Gasteiger charge is 2.51. The Morgan fingerprint density at radius 3 is 2.38 bits per heavy atom. The third-order valence-corrected chi connectivity index (χ3v) is 4.34. The molecule has 0 heterocycles. The summed E-state index contributed by atoms with van der Waals surface area (Å²) in [4.78, 5) is 14.0. The number of amides is 1. The second kappa shape index (κ2) is 5.52. The number of nitrogens with zero attached hydrogens (tertiary/aromatic N) is 1. The van der Waals surface area contributed by atoms with E-state index in [1.807, 2.05) is 39.0 Å². The summed E-state index contributed by atoms with van der Waals surface area (Å²) in [5, 5.41) is 0. The highest BCUT2D eigenvalue weighted by molar-refractivity contribution is 9.10. The number of hydrogen-bond acceptors (Lipinski definition) is 3. The van der Waals surface area contributed by atoms with E-state index in [9.17, 15) is 4.79 Å². The standard InChI is InChI=1S/C16H22BrNO3/c1-15(2,3)21-14(19)18(4)16(8-9-16)11-6-7-13(20-5)12(17)10-11/h6-7,10H,8-9H2,1-5H3. The normalized spacial score (nSPS) is 16.3. The summed E-state index contributed by atoms with van der Waals surface area (Å²) in [5.74, 6) is 0.787. The average Bonchev–Trinajstić information content (AvgIpc) is 3.17. The SMILES string of the molecule is COc1ccc(C2(N(C)C(=O)OC(C)(C)C)CC2)cc1Br. The van der Waals surface area contributed by atoms with Gasteiger partial charge in [-0.2, -0.15) is 0 Å². The van der Waals surface area contributed by atoms with Gasteiger partial charge in [0.15, 0.2) is 0 Å². The fourth-order valence-corrected chi connectivity index (χ4v) is 2.94. The lowest BCUT2D eigenvalue weighted by Crippen LogP contribution is -2.40. The van der Waals surface area contributed by atoms with E-state index >= 15 is 0 Å². The topological polar surface area (TPSA) is 38.8 Å². The van der Waals surface area contributed by atoms with Crippen molar-refractivity contribution in [3.05, 3.63) is 28.2 Å². The number of carbonyl (C=O) groups excluding carboxylic acids is 1. The zero-order chi connectivity index (χ0) is 15.8. The second-order valence-electron chi connectivity index (χ2n) is 6.42. The van der Waals surface area contributed by atoms with Crippen molar-refractivity contribution >= 4 is 22.0 Å². The molecule has 1 aromatic rings. The maximum absolute atomic E-state index is 12.3.